The molecule has 0 unspecified atom stereocenters. The Morgan fingerprint density at radius 3 is 1.16 bits per heavy atom. The number of hydrogen-bond donors (Lipinski definition) is 0. The Kier molecular flexibility index (Phi) is 6.35. The van der Waals surface area contributed by atoms with Crippen molar-refractivity contribution in [2.24, 2.45) is 0 Å². The van der Waals surface area contributed by atoms with Gasteiger partial charge in [-0.15, -0.1) is 0 Å². The second kappa shape index (κ2) is 10.4. The molecule has 0 saturated heterocycles. The first-order valence-corrected chi connectivity index (χ1v) is 12.4. The van der Waals surface area contributed by atoms with Crippen LogP contribution in [0.4, 0.5) is 0 Å². The molecule has 0 N–H and O–H groups in total. The molecule has 0 bridgehead atoms. The summed E-state index contributed by atoms with van der Waals surface area (Å²) in [6.45, 7) is 0. The lowest BCUT2D eigenvalue weighted by molar-refractivity contribution is 0.102. The molecule has 0 spiro atoms. The quantitative estimate of drug-likeness (QED) is 0.224. The molecule has 6 rings (SSSR count). The van der Waals surface area contributed by atoms with Gasteiger partial charge in [0, 0.05) is 16.7 Å². The number of hydrogen-bond acceptors (Lipinski definition) is 4. The number of rotatable bonds is 6. The maximum absolute atomic E-state index is 14.0. The molecule has 0 aliphatic heterocycles. The first kappa shape index (κ1) is 23.2. The van der Waals surface area contributed by atoms with Crippen LogP contribution in [0.1, 0.15) is 16.2 Å². The molecule has 6 aromatic rings. The molecular weight excluding hydrogens is 466 g/mol. The summed E-state index contributed by atoms with van der Waals surface area (Å²) in [6.07, 6.45) is 0. The van der Waals surface area contributed by atoms with E-state index in [2.05, 4.69) is 16.0 Å². The number of carbonyl (C=O) groups excluding carboxylic acids is 1. The van der Waals surface area contributed by atoms with Gasteiger partial charge in [-0.2, -0.15) is 0 Å². The minimum absolute atomic E-state index is 0.113. The zero-order chi connectivity index (χ0) is 25.7. The fourth-order valence-electron chi connectivity index (χ4n) is 4.39. The van der Waals surface area contributed by atoms with E-state index in [9.17, 15) is 4.79 Å². The summed E-state index contributed by atoms with van der Waals surface area (Å²) in [4.78, 5) is 28.0. The van der Waals surface area contributed by atoms with Crippen LogP contribution in [-0.2, 0) is 0 Å². The second-order valence-corrected chi connectivity index (χ2v) is 8.90. The first-order chi connectivity index (χ1) is 18.7. The van der Waals surface area contributed by atoms with Gasteiger partial charge in [0.15, 0.2) is 11.6 Å². The molecule has 5 aromatic carbocycles. The number of benzene rings is 5. The monoisotopic (exact) mass is 489 g/mol. The molecule has 0 aliphatic rings. The fourth-order valence-corrected chi connectivity index (χ4v) is 4.39. The van der Waals surface area contributed by atoms with Crippen LogP contribution < -0.4 is 0 Å². The van der Waals surface area contributed by atoms with Crippen molar-refractivity contribution in [3.63, 3.8) is 0 Å². The number of nitrogens with zero attached hydrogens (tertiary/aromatic N) is 3. The third kappa shape index (κ3) is 4.88. The van der Waals surface area contributed by atoms with Gasteiger partial charge in [-0.05, 0) is 40.5 Å². The van der Waals surface area contributed by atoms with Crippen molar-refractivity contribution < 1.29 is 4.79 Å². The van der Waals surface area contributed by atoms with Crippen LogP contribution >= 0.6 is 0 Å². The Morgan fingerprint density at radius 2 is 0.763 bits per heavy atom. The predicted molar refractivity (Wildman–Crippen MR) is 151 cm³/mol. The van der Waals surface area contributed by atoms with E-state index in [1.807, 2.05) is 133 Å². The molecule has 1 heterocycles. The fraction of sp³-hybridized carbons (Fsp3) is 0. The van der Waals surface area contributed by atoms with Gasteiger partial charge >= 0.3 is 0 Å². The lowest BCUT2D eigenvalue weighted by Crippen LogP contribution is -2.11. The van der Waals surface area contributed by atoms with Crippen LogP contribution in [-0.4, -0.2) is 20.7 Å². The van der Waals surface area contributed by atoms with Crippen molar-refractivity contribution in [1.29, 1.82) is 0 Å². The molecule has 0 aliphatic carbocycles. The van der Waals surface area contributed by atoms with E-state index in [1.165, 1.54) is 0 Å². The van der Waals surface area contributed by atoms with Gasteiger partial charge in [0.2, 0.25) is 11.6 Å². The molecular formula is C34H23N3O. The summed E-state index contributed by atoms with van der Waals surface area (Å²) >= 11 is 0. The smallest absolute Gasteiger partial charge is 0.230 e. The number of ketones is 1. The van der Waals surface area contributed by atoms with Crippen molar-refractivity contribution in [1.82, 2.24) is 15.0 Å². The largest absolute Gasteiger partial charge is 0.285 e. The molecule has 0 fully saturated rings. The van der Waals surface area contributed by atoms with Gasteiger partial charge in [0.05, 0.1) is 0 Å². The molecule has 180 valence electrons. The van der Waals surface area contributed by atoms with Crippen molar-refractivity contribution in [2.45, 2.75) is 0 Å². The van der Waals surface area contributed by atoms with E-state index in [0.717, 1.165) is 33.4 Å². The Labute approximate surface area is 221 Å². The molecule has 1 aromatic heterocycles. The van der Waals surface area contributed by atoms with E-state index in [4.69, 9.17) is 4.98 Å². The predicted octanol–water partition coefficient (Wildman–Crippen LogP) is 7.77. The molecule has 4 heteroatoms. The maximum Gasteiger partial charge on any atom is 0.230 e. The third-order valence-electron chi connectivity index (χ3n) is 6.31. The summed E-state index contributed by atoms with van der Waals surface area (Å²) in [5, 5.41) is 0. The highest BCUT2D eigenvalue weighted by molar-refractivity contribution is 6.08. The highest BCUT2D eigenvalue weighted by atomic mass is 16.1. The van der Waals surface area contributed by atoms with Crippen molar-refractivity contribution in [3.8, 4) is 45.0 Å². The lowest BCUT2D eigenvalue weighted by Gasteiger charge is -2.11. The van der Waals surface area contributed by atoms with E-state index < -0.39 is 0 Å². The summed E-state index contributed by atoms with van der Waals surface area (Å²) < 4.78 is 0. The van der Waals surface area contributed by atoms with Gasteiger partial charge in [-0.1, -0.05) is 121 Å². The van der Waals surface area contributed by atoms with Gasteiger partial charge in [-0.25, -0.2) is 15.0 Å². The standard InChI is InChI=1S/C34H23N3O/c38-31(30-22-28(24-13-5-1-6-14-24)21-29(23-30)25-15-7-2-8-16-25)34-36-32(26-17-9-3-10-18-26)35-33(37-34)27-19-11-4-12-20-27/h1-23H. The first-order valence-electron chi connectivity index (χ1n) is 12.4. The van der Waals surface area contributed by atoms with Crippen LogP contribution in [0.25, 0.3) is 45.0 Å². The molecule has 38 heavy (non-hydrogen) atoms. The van der Waals surface area contributed by atoms with Crippen LogP contribution in [0.5, 0.6) is 0 Å². The number of carbonyl (C=O) groups is 1. The van der Waals surface area contributed by atoms with E-state index in [1.54, 1.807) is 0 Å². The van der Waals surface area contributed by atoms with Crippen LogP contribution in [0, 0.1) is 0 Å². The Morgan fingerprint density at radius 1 is 0.395 bits per heavy atom. The molecule has 0 radical (unpaired) electrons. The summed E-state index contributed by atoms with van der Waals surface area (Å²) in [7, 11) is 0. The third-order valence-corrected chi connectivity index (χ3v) is 6.31. The Hall–Kier alpha value is -5.22. The SMILES string of the molecule is O=C(c1cc(-c2ccccc2)cc(-c2ccccc2)c1)c1nc(-c2ccccc2)nc(-c2ccccc2)n1. The average Bonchev–Trinajstić information content (AvgIpc) is 3.02. The van der Waals surface area contributed by atoms with Gasteiger partial charge in [0.25, 0.3) is 0 Å². The highest BCUT2D eigenvalue weighted by Crippen LogP contribution is 2.30. The zero-order valence-electron chi connectivity index (χ0n) is 20.5. The Bertz CT molecular complexity index is 1460. The van der Waals surface area contributed by atoms with E-state index in [0.29, 0.717) is 17.2 Å². The summed E-state index contributed by atoms with van der Waals surface area (Å²) in [5.41, 5.74) is 6.14. The highest BCUT2D eigenvalue weighted by Gasteiger charge is 2.19. The van der Waals surface area contributed by atoms with E-state index >= 15 is 0 Å². The molecule has 0 amide bonds. The normalized spacial score (nSPS) is 10.7. The topological polar surface area (TPSA) is 55.7 Å². The second-order valence-electron chi connectivity index (χ2n) is 8.90. The minimum atomic E-state index is -0.253. The van der Waals surface area contributed by atoms with Crippen molar-refractivity contribution >= 4 is 5.78 Å². The van der Waals surface area contributed by atoms with Crippen LogP contribution in [0.15, 0.2) is 140 Å². The van der Waals surface area contributed by atoms with Crippen molar-refractivity contribution in [2.75, 3.05) is 0 Å². The lowest BCUT2D eigenvalue weighted by atomic mass is 9.94. The minimum Gasteiger partial charge on any atom is -0.285 e. The molecule has 0 saturated carbocycles. The molecule has 4 nitrogen and oxygen atoms in total. The van der Waals surface area contributed by atoms with Gasteiger partial charge in [-0.3, -0.25) is 4.79 Å². The van der Waals surface area contributed by atoms with Crippen molar-refractivity contribution in [3.05, 3.63) is 151 Å². The number of aromatic nitrogens is 3. The van der Waals surface area contributed by atoms with E-state index in [-0.39, 0.29) is 11.6 Å². The van der Waals surface area contributed by atoms with Gasteiger partial charge < -0.3 is 0 Å². The summed E-state index contributed by atoms with van der Waals surface area (Å²) in [5.74, 6) is 0.786. The van der Waals surface area contributed by atoms with Crippen LogP contribution in [0.3, 0.4) is 0 Å². The van der Waals surface area contributed by atoms with Gasteiger partial charge in [0.1, 0.15) is 0 Å². The zero-order valence-corrected chi connectivity index (χ0v) is 20.5. The Balaban J connectivity index is 1.51. The molecule has 0 atom stereocenters. The maximum atomic E-state index is 14.0. The summed E-state index contributed by atoms with van der Waals surface area (Å²) in [6, 6.07) is 45.4. The average molecular weight is 490 g/mol. The van der Waals surface area contributed by atoms with Crippen LogP contribution in [0.2, 0.25) is 0 Å².